The SMILES string of the molecule is CCCCOC1=C(CN)N(CC(C)C)C=C2CC(=O)C(NC(C)=O)C=C21.Cl. The Bertz CT molecular complexity index is 653. The molecule has 152 valence electrons. The normalized spacial score (nSPS) is 19.3. The van der Waals surface area contributed by atoms with E-state index >= 15 is 0 Å². The Morgan fingerprint density at radius 1 is 1.44 bits per heavy atom. The summed E-state index contributed by atoms with van der Waals surface area (Å²) in [5.41, 5.74) is 8.81. The molecule has 0 aromatic rings. The summed E-state index contributed by atoms with van der Waals surface area (Å²) >= 11 is 0. The van der Waals surface area contributed by atoms with Crippen LogP contribution >= 0.6 is 12.4 Å². The van der Waals surface area contributed by atoms with Gasteiger partial charge in [0, 0.05) is 38.2 Å². The van der Waals surface area contributed by atoms with E-state index in [0.717, 1.165) is 42.0 Å². The minimum atomic E-state index is -0.611. The number of unbranched alkanes of at least 4 members (excludes halogenated alkanes) is 1. The Morgan fingerprint density at radius 2 is 2.15 bits per heavy atom. The highest BCUT2D eigenvalue weighted by molar-refractivity contribution is 5.94. The highest BCUT2D eigenvalue weighted by atomic mass is 35.5. The van der Waals surface area contributed by atoms with Gasteiger partial charge < -0.3 is 20.7 Å². The monoisotopic (exact) mass is 397 g/mol. The lowest BCUT2D eigenvalue weighted by molar-refractivity contribution is -0.125. The number of ether oxygens (including phenoxy) is 1. The molecule has 2 rings (SSSR count). The van der Waals surface area contributed by atoms with Crippen LogP contribution in [0.15, 0.2) is 34.9 Å². The number of rotatable bonds is 8. The predicted molar refractivity (Wildman–Crippen MR) is 109 cm³/mol. The Labute approximate surface area is 168 Å². The molecule has 0 bridgehead atoms. The second-order valence-corrected chi connectivity index (χ2v) is 7.28. The molecule has 0 spiro atoms. The van der Waals surface area contributed by atoms with Crippen molar-refractivity contribution in [3.05, 3.63) is 34.9 Å². The molecule has 7 heteroatoms. The van der Waals surface area contributed by atoms with Gasteiger partial charge in [-0.15, -0.1) is 12.4 Å². The smallest absolute Gasteiger partial charge is 0.217 e. The number of amides is 1. The number of ketones is 1. The topological polar surface area (TPSA) is 84.7 Å². The molecule has 6 nitrogen and oxygen atoms in total. The third-order valence-electron chi connectivity index (χ3n) is 4.41. The van der Waals surface area contributed by atoms with Crippen molar-refractivity contribution >= 4 is 24.1 Å². The van der Waals surface area contributed by atoms with Crippen molar-refractivity contribution in [3.8, 4) is 0 Å². The van der Waals surface area contributed by atoms with E-state index in [4.69, 9.17) is 10.5 Å². The fourth-order valence-electron chi connectivity index (χ4n) is 3.24. The average Bonchev–Trinajstić information content (AvgIpc) is 2.55. The zero-order valence-corrected chi connectivity index (χ0v) is 17.5. The number of fused-ring (bicyclic) bond motifs is 1. The summed E-state index contributed by atoms with van der Waals surface area (Å²) in [6.45, 7) is 9.60. The standard InChI is InChI=1S/C20H31N3O3.ClH/c1-5-6-7-26-20-16-9-17(22-14(4)24)19(25)8-15(16)12-23(11-13(2)3)18(20)10-21;/h9,12-13,17H,5-8,10-11,21H2,1-4H3,(H,22,24);1H. The van der Waals surface area contributed by atoms with E-state index < -0.39 is 6.04 Å². The summed E-state index contributed by atoms with van der Waals surface area (Å²) in [6.07, 6.45) is 6.09. The van der Waals surface area contributed by atoms with Gasteiger partial charge in [0.2, 0.25) is 5.91 Å². The van der Waals surface area contributed by atoms with Crippen molar-refractivity contribution in [2.45, 2.75) is 53.0 Å². The number of hydrogen-bond acceptors (Lipinski definition) is 5. The van der Waals surface area contributed by atoms with Gasteiger partial charge in [0.15, 0.2) is 5.78 Å². The molecule has 0 aromatic carbocycles. The number of Topliss-reactive ketones (excluding diaryl/α,β-unsaturated/α-hetero) is 1. The molecule has 0 aromatic heterocycles. The molecule has 0 fully saturated rings. The summed E-state index contributed by atoms with van der Waals surface area (Å²) in [6, 6.07) is -0.611. The third kappa shape index (κ3) is 5.84. The second-order valence-electron chi connectivity index (χ2n) is 7.28. The van der Waals surface area contributed by atoms with Gasteiger partial charge in [0.05, 0.1) is 12.3 Å². The van der Waals surface area contributed by atoms with Crippen LogP contribution in [0.25, 0.3) is 0 Å². The van der Waals surface area contributed by atoms with E-state index in [9.17, 15) is 9.59 Å². The summed E-state index contributed by atoms with van der Waals surface area (Å²) in [4.78, 5) is 26.0. The quantitative estimate of drug-likeness (QED) is 0.615. The Kier molecular flexibility index (Phi) is 9.06. The number of carbonyl (C=O) groups is 2. The maximum atomic E-state index is 12.4. The predicted octanol–water partition coefficient (Wildman–Crippen LogP) is 2.65. The van der Waals surface area contributed by atoms with Crippen LogP contribution in [0.4, 0.5) is 0 Å². The van der Waals surface area contributed by atoms with E-state index in [1.165, 1.54) is 6.92 Å². The zero-order chi connectivity index (χ0) is 19.3. The van der Waals surface area contributed by atoms with Crippen LogP contribution < -0.4 is 11.1 Å². The summed E-state index contributed by atoms with van der Waals surface area (Å²) in [5, 5.41) is 2.71. The van der Waals surface area contributed by atoms with Crippen molar-refractivity contribution in [1.29, 1.82) is 0 Å². The minimum Gasteiger partial charge on any atom is -0.491 e. The van der Waals surface area contributed by atoms with Gasteiger partial charge in [-0.2, -0.15) is 0 Å². The maximum absolute atomic E-state index is 12.4. The van der Waals surface area contributed by atoms with Crippen LogP contribution in [0.2, 0.25) is 0 Å². The first-order valence-corrected chi connectivity index (χ1v) is 9.43. The number of allylic oxidation sites excluding steroid dienone is 1. The third-order valence-corrected chi connectivity index (χ3v) is 4.41. The van der Waals surface area contributed by atoms with Crippen molar-refractivity contribution in [2.75, 3.05) is 19.7 Å². The number of halogens is 1. The Morgan fingerprint density at radius 3 is 2.70 bits per heavy atom. The van der Waals surface area contributed by atoms with E-state index in [0.29, 0.717) is 19.1 Å². The molecule has 0 saturated heterocycles. The van der Waals surface area contributed by atoms with Gasteiger partial charge >= 0.3 is 0 Å². The van der Waals surface area contributed by atoms with Crippen LogP contribution in [-0.2, 0) is 14.3 Å². The van der Waals surface area contributed by atoms with Crippen molar-refractivity contribution in [2.24, 2.45) is 11.7 Å². The Hall–Kier alpha value is -1.79. The molecule has 0 saturated carbocycles. The van der Waals surface area contributed by atoms with Crippen molar-refractivity contribution < 1.29 is 14.3 Å². The summed E-state index contributed by atoms with van der Waals surface area (Å²) in [5.74, 6) is 0.967. The van der Waals surface area contributed by atoms with Crippen LogP contribution in [0, 0.1) is 5.92 Å². The van der Waals surface area contributed by atoms with E-state index in [1.54, 1.807) is 0 Å². The van der Waals surface area contributed by atoms with Crippen LogP contribution in [0.1, 0.15) is 47.0 Å². The lowest BCUT2D eigenvalue weighted by atomic mass is 9.86. The Balaban J connectivity index is 0.00000364. The first-order chi connectivity index (χ1) is 12.4. The number of nitrogens with one attached hydrogen (secondary N) is 1. The first kappa shape index (κ1) is 23.2. The fraction of sp³-hybridized carbons (Fsp3) is 0.600. The molecule has 0 radical (unpaired) electrons. The molecule has 3 N–H and O–H groups in total. The molecule has 1 atom stereocenters. The van der Waals surface area contributed by atoms with Gasteiger partial charge in [-0.05, 0) is 24.0 Å². The molecule has 1 amide bonds. The lowest BCUT2D eigenvalue weighted by Crippen LogP contribution is -2.42. The molecule has 1 unspecified atom stereocenters. The van der Waals surface area contributed by atoms with Crippen molar-refractivity contribution in [1.82, 2.24) is 10.2 Å². The van der Waals surface area contributed by atoms with E-state index in [-0.39, 0.29) is 30.5 Å². The van der Waals surface area contributed by atoms with E-state index in [1.807, 2.05) is 12.3 Å². The molecule has 27 heavy (non-hydrogen) atoms. The van der Waals surface area contributed by atoms with Crippen molar-refractivity contribution in [3.63, 3.8) is 0 Å². The van der Waals surface area contributed by atoms with Gasteiger partial charge in [0.1, 0.15) is 11.8 Å². The molecule has 1 heterocycles. The summed E-state index contributed by atoms with van der Waals surface area (Å²) in [7, 11) is 0. The molecular weight excluding hydrogens is 366 g/mol. The lowest BCUT2D eigenvalue weighted by Gasteiger charge is -2.36. The number of nitrogens with zero attached hydrogens (tertiary/aromatic N) is 1. The van der Waals surface area contributed by atoms with Gasteiger partial charge in [-0.3, -0.25) is 9.59 Å². The first-order valence-electron chi connectivity index (χ1n) is 9.43. The van der Waals surface area contributed by atoms with Gasteiger partial charge in [-0.25, -0.2) is 0 Å². The second kappa shape index (κ2) is 10.5. The number of carbonyl (C=O) groups excluding carboxylic acids is 2. The highest BCUT2D eigenvalue weighted by Crippen LogP contribution is 2.36. The number of hydrogen-bond donors (Lipinski definition) is 2. The zero-order valence-electron chi connectivity index (χ0n) is 16.7. The van der Waals surface area contributed by atoms with Gasteiger partial charge in [0.25, 0.3) is 0 Å². The van der Waals surface area contributed by atoms with Crippen LogP contribution in [-0.4, -0.2) is 42.3 Å². The maximum Gasteiger partial charge on any atom is 0.217 e. The van der Waals surface area contributed by atoms with Gasteiger partial charge in [-0.1, -0.05) is 27.2 Å². The molecule has 1 aliphatic carbocycles. The number of nitrogens with two attached hydrogens (primary N) is 1. The minimum absolute atomic E-state index is 0. The highest BCUT2D eigenvalue weighted by Gasteiger charge is 2.33. The van der Waals surface area contributed by atoms with Crippen LogP contribution in [0.5, 0.6) is 0 Å². The fourth-order valence-corrected chi connectivity index (χ4v) is 3.24. The van der Waals surface area contributed by atoms with E-state index in [2.05, 4.69) is 31.0 Å². The molecule has 1 aliphatic heterocycles. The molecule has 2 aliphatic rings. The van der Waals surface area contributed by atoms with Crippen LogP contribution in [0.3, 0.4) is 0 Å². The largest absolute Gasteiger partial charge is 0.491 e. The summed E-state index contributed by atoms with van der Waals surface area (Å²) < 4.78 is 6.12. The molecular formula is C20H32ClN3O3. The average molecular weight is 398 g/mol.